The summed E-state index contributed by atoms with van der Waals surface area (Å²) in [6.45, 7) is 4.38. The summed E-state index contributed by atoms with van der Waals surface area (Å²) in [5.74, 6) is 0. The normalized spacial score (nSPS) is 14.6. The maximum absolute atomic E-state index is 13.2. The van der Waals surface area contributed by atoms with Gasteiger partial charge in [-0.3, -0.25) is 0 Å². The van der Waals surface area contributed by atoms with E-state index in [0.29, 0.717) is 0 Å². The predicted molar refractivity (Wildman–Crippen MR) is 48.2 cm³/mol. The van der Waals surface area contributed by atoms with Gasteiger partial charge in [0.1, 0.15) is 0 Å². The third-order valence-electron chi connectivity index (χ3n) is 3.05. The summed E-state index contributed by atoms with van der Waals surface area (Å²) >= 11 is -4.35. The SMILES string of the molecule is C[CH2][Sn]([CH2]C)([CH2]C)[C](F)(F)C(F)(F)F. The summed E-state index contributed by atoms with van der Waals surface area (Å²) in [6, 6.07) is 0. The van der Waals surface area contributed by atoms with E-state index in [1.807, 2.05) is 0 Å². The van der Waals surface area contributed by atoms with Crippen LogP contribution >= 0.6 is 0 Å². The van der Waals surface area contributed by atoms with Gasteiger partial charge in [-0.2, -0.15) is 0 Å². The molecule has 86 valence electrons. The molecule has 0 aliphatic heterocycles. The first-order chi connectivity index (χ1) is 6.18. The molecule has 0 spiro atoms. The van der Waals surface area contributed by atoms with E-state index in [2.05, 4.69) is 0 Å². The third kappa shape index (κ3) is 2.17. The molecule has 0 amide bonds. The predicted octanol–water partition coefficient (Wildman–Crippen LogP) is 4.23. The molecule has 0 aliphatic carbocycles. The van der Waals surface area contributed by atoms with Crippen molar-refractivity contribution in [2.75, 3.05) is 0 Å². The molecule has 0 aromatic heterocycles. The maximum atomic E-state index is 13.2. The number of hydrogen-bond donors (Lipinski definition) is 0. The molecule has 0 N–H and O–H groups in total. The Morgan fingerprint density at radius 3 is 1.14 bits per heavy atom. The molecule has 0 saturated heterocycles. The average molecular weight is 325 g/mol. The van der Waals surface area contributed by atoms with E-state index in [1.165, 1.54) is 20.8 Å². The molecular weight excluding hydrogens is 310 g/mol. The van der Waals surface area contributed by atoms with Gasteiger partial charge in [-0.15, -0.1) is 0 Å². The third-order valence-corrected chi connectivity index (χ3v) is 19.3. The van der Waals surface area contributed by atoms with Gasteiger partial charge in [0.05, 0.1) is 0 Å². The Hall–Kier alpha value is 0.449. The first-order valence-corrected chi connectivity index (χ1v) is 12.1. The van der Waals surface area contributed by atoms with Gasteiger partial charge in [0.15, 0.2) is 0 Å². The van der Waals surface area contributed by atoms with Crippen molar-refractivity contribution in [3.63, 3.8) is 0 Å². The van der Waals surface area contributed by atoms with Gasteiger partial charge in [0.2, 0.25) is 0 Å². The molecule has 0 rings (SSSR count). The molecule has 0 atom stereocenters. The van der Waals surface area contributed by atoms with Gasteiger partial charge >= 0.3 is 84.5 Å². The molecule has 0 radical (unpaired) electrons. The minimum atomic E-state index is -5.36. The van der Waals surface area contributed by atoms with Crippen LogP contribution in [0.15, 0.2) is 0 Å². The molecule has 14 heavy (non-hydrogen) atoms. The Labute approximate surface area is 84.7 Å². The fourth-order valence-corrected chi connectivity index (χ4v) is 11.5. The van der Waals surface area contributed by atoms with Crippen LogP contribution in [0.4, 0.5) is 22.0 Å². The second-order valence-corrected chi connectivity index (χ2v) is 18.6. The van der Waals surface area contributed by atoms with E-state index in [1.54, 1.807) is 0 Å². The monoisotopic (exact) mass is 326 g/mol. The van der Waals surface area contributed by atoms with Crippen molar-refractivity contribution in [1.82, 2.24) is 0 Å². The van der Waals surface area contributed by atoms with Crippen molar-refractivity contribution < 1.29 is 22.0 Å². The van der Waals surface area contributed by atoms with Crippen LogP contribution in [0.3, 0.4) is 0 Å². The van der Waals surface area contributed by atoms with E-state index in [4.69, 9.17) is 0 Å². The van der Waals surface area contributed by atoms with E-state index in [0.717, 1.165) is 0 Å². The van der Waals surface area contributed by atoms with Crippen LogP contribution in [0.1, 0.15) is 20.8 Å². The molecule has 0 aromatic rings. The van der Waals surface area contributed by atoms with E-state index < -0.39 is 28.5 Å². The molecule has 0 saturated carbocycles. The number of rotatable bonds is 4. The van der Waals surface area contributed by atoms with Crippen molar-refractivity contribution in [3.8, 4) is 0 Å². The Bertz CT molecular complexity index is 174. The molecule has 0 fully saturated rings. The quantitative estimate of drug-likeness (QED) is 0.536. The second-order valence-electron chi connectivity index (χ2n) is 3.41. The van der Waals surface area contributed by atoms with Crippen LogP contribution < -0.4 is 0 Å². The van der Waals surface area contributed by atoms with Crippen LogP contribution in [-0.4, -0.2) is 28.5 Å². The van der Waals surface area contributed by atoms with Crippen molar-refractivity contribution >= 4 is 18.4 Å². The van der Waals surface area contributed by atoms with Gasteiger partial charge in [0, 0.05) is 0 Å². The molecule has 0 nitrogen and oxygen atoms in total. The molecule has 0 aliphatic rings. The number of hydrogen-bond acceptors (Lipinski definition) is 0. The van der Waals surface area contributed by atoms with Crippen LogP contribution in [0.25, 0.3) is 0 Å². The molecule has 0 heterocycles. The van der Waals surface area contributed by atoms with Crippen molar-refractivity contribution in [1.29, 1.82) is 0 Å². The zero-order chi connectivity index (χ0) is 11.6. The second kappa shape index (κ2) is 4.53. The summed E-state index contributed by atoms with van der Waals surface area (Å²) in [5, 5.41) is 0. The summed E-state index contributed by atoms with van der Waals surface area (Å²) in [5.41, 5.74) is 0. The topological polar surface area (TPSA) is 0 Å². The molecule has 0 aromatic carbocycles. The first-order valence-electron chi connectivity index (χ1n) is 4.63. The van der Waals surface area contributed by atoms with Crippen LogP contribution in [0.2, 0.25) is 13.3 Å². The Morgan fingerprint density at radius 2 is 1.07 bits per heavy atom. The van der Waals surface area contributed by atoms with Gasteiger partial charge in [-0.05, 0) is 0 Å². The zero-order valence-corrected chi connectivity index (χ0v) is 11.4. The molecule has 0 bridgehead atoms. The average Bonchev–Trinajstić information content (AvgIpc) is 2.06. The van der Waals surface area contributed by atoms with Gasteiger partial charge < -0.3 is 0 Å². The molecule has 6 heteroatoms. The van der Waals surface area contributed by atoms with Gasteiger partial charge in [-0.25, -0.2) is 0 Å². The number of alkyl halides is 5. The van der Waals surface area contributed by atoms with E-state index in [-0.39, 0.29) is 13.3 Å². The van der Waals surface area contributed by atoms with Crippen molar-refractivity contribution in [2.24, 2.45) is 0 Å². The van der Waals surface area contributed by atoms with Crippen molar-refractivity contribution in [3.05, 3.63) is 0 Å². The molecule has 0 unspecified atom stereocenters. The number of halogens is 5. The fourth-order valence-electron chi connectivity index (χ4n) is 1.72. The Balaban J connectivity index is 5.19. The molecular formula is C8H15F5Sn. The minimum absolute atomic E-state index is 0.0359. The van der Waals surface area contributed by atoms with Crippen molar-refractivity contribution in [2.45, 2.75) is 44.2 Å². The summed E-state index contributed by atoms with van der Waals surface area (Å²) in [4.78, 5) is 0. The first kappa shape index (κ1) is 14.4. The van der Waals surface area contributed by atoms with Crippen LogP contribution in [-0.2, 0) is 0 Å². The summed E-state index contributed by atoms with van der Waals surface area (Å²) < 4.78 is 58.7. The zero-order valence-electron chi connectivity index (χ0n) is 8.51. The van der Waals surface area contributed by atoms with Crippen LogP contribution in [0, 0.1) is 0 Å². The Morgan fingerprint density at radius 1 is 0.786 bits per heavy atom. The van der Waals surface area contributed by atoms with Gasteiger partial charge in [0.25, 0.3) is 0 Å². The Kier molecular flexibility index (Phi) is 4.68. The fraction of sp³-hybridized carbons (Fsp3) is 1.00. The summed E-state index contributed by atoms with van der Waals surface area (Å²) in [6.07, 6.45) is -5.36. The van der Waals surface area contributed by atoms with E-state index >= 15 is 0 Å². The van der Waals surface area contributed by atoms with Crippen LogP contribution in [0.5, 0.6) is 0 Å². The summed E-state index contributed by atoms with van der Waals surface area (Å²) in [7, 11) is 0. The van der Waals surface area contributed by atoms with Gasteiger partial charge in [-0.1, -0.05) is 0 Å². The standard InChI is InChI=1S/C2F5.3C2H5.Sn/c3-1(4)2(5,6)7;3*1-2;/h;3*1H2,2H3;. The van der Waals surface area contributed by atoms with E-state index in [9.17, 15) is 22.0 Å².